The minimum atomic E-state index is -5.00. The maximum absolute atomic E-state index is 13.4. The van der Waals surface area contributed by atoms with Gasteiger partial charge in [0.1, 0.15) is 55.3 Å². The average molecular weight is 757 g/mol. The molecule has 6 aromatic rings. The summed E-state index contributed by atoms with van der Waals surface area (Å²) in [6, 6.07) is 35.5. The summed E-state index contributed by atoms with van der Waals surface area (Å²) in [5.41, 5.74) is 3.33. The second kappa shape index (κ2) is 16.5. The van der Waals surface area contributed by atoms with E-state index in [2.05, 4.69) is 5.92 Å². The van der Waals surface area contributed by atoms with Gasteiger partial charge in [0.25, 0.3) is 0 Å². The van der Waals surface area contributed by atoms with E-state index in [1.54, 1.807) is 37.4 Å². The Morgan fingerprint density at radius 3 is 1.52 bits per heavy atom. The van der Waals surface area contributed by atoms with Gasteiger partial charge in [0.15, 0.2) is 0 Å². The first-order valence-electron chi connectivity index (χ1n) is 15.3. The van der Waals surface area contributed by atoms with Crippen molar-refractivity contribution in [2.45, 2.75) is 21.6 Å². The van der Waals surface area contributed by atoms with Crippen molar-refractivity contribution in [3.8, 4) is 63.7 Å². The molecule has 52 heavy (non-hydrogen) atoms. The molecular formula is C40H29KO9S2. The van der Waals surface area contributed by atoms with E-state index in [9.17, 15) is 21.4 Å². The van der Waals surface area contributed by atoms with Crippen LogP contribution >= 0.6 is 0 Å². The van der Waals surface area contributed by atoms with Crippen molar-refractivity contribution in [3.63, 3.8) is 0 Å². The topological polar surface area (TPSA) is 128 Å². The molecular weight excluding hydrogens is 728 g/mol. The summed E-state index contributed by atoms with van der Waals surface area (Å²) >= 11 is 0. The smallest absolute Gasteiger partial charge is 0.744 e. The number of benzene rings is 6. The Balaban J connectivity index is 0.00000523. The van der Waals surface area contributed by atoms with Crippen LogP contribution in [0.4, 0.5) is 0 Å². The van der Waals surface area contributed by atoms with Crippen molar-refractivity contribution in [3.05, 3.63) is 145 Å². The summed E-state index contributed by atoms with van der Waals surface area (Å²) in [5.74, 6) is 4.51. The van der Waals surface area contributed by atoms with Gasteiger partial charge in [-0.2, -0.15) is 0 Å². The molecule has 0 spiro atoms. The number of terminal acetylenes is 1. The van der Waals surface area contributed by atoms with Crippen molar-refractivity contribution in [2.24, 2.45) is 0 Å². The zero-order chi connectivity index (χ0) is 36.2. The second-order valence-electron chi connectivity index (χ2n) is 11.2. The van der Waals surface area contributed by atoms with Crippen LogP contribution in [0.5, 0.6) is 40.2 Å². The Morgan fingerprint density at radius 2 is 1.02 bits per heavy atom. The van der Waals surface area contributed by atoms with Gasteiger partial charge in [-0.25, -0.2) is 16.8 Å². The van der Waals surface area contributed by atoms with Gasteiger partial charge in [-0.15, -0.1) is 6.42 Å². The summed E-state index contributed by atoms with van der Waals surface area (Å²) < 4.78 is 85.9. The molecule has 12 heteroatoms. The van der Waals surface area contributed by atoms with Gasteiger partial charge in [0.2, 0.25) is 9.84 Å². The summed E-state index contributed by atoms with van der Waals surface area (Å²) in [7, 11) is -7.32. The van der Waals surface area contributed by atoms with Crippen molar-refractivity contribution in [2.75, 3.05) is 7.11 Å². The van der Waals surface area contributed by atoms with Gasteiger partial charge in [-0.1, -0.05) is 36.3 Å². The molecule has 256 valence electrons. The van der Waals surface area contributed by atoms with E-state index in [-0.39, 0.29) is 78.4 Å². The van der Waals surface area contributed by atoms with E-state index >= 15 is 0 Å². The number of hydrogen-bond acceptors (Lipinski definition) is 9. The monoisotopic (exact) mass is 756 g/mol. The Labute approximate surface area is 345 Å². The predicted octanol–water partition coefficient (Wildman–Crippen LogP) is 5.77. The molecule has 0 radical (unpaired) electrons. The molecule has 0 amide bonds. The molecule has 6 aromatic carbocycles. The van der Waals surface area contributed by atoms with Gasteiger partial charge in [-0.05, 0) is 121 Å². The van der Waals surface area contributed by atoms with Crippen LogP contribution in [-0.2, 0) is 20.0 Å². The molecule has 0 saturated carbocycles. The van der Waals surface area contributed by atoms with Crippen LogP contribution in [0, 0.1) is 19.3 Å². The number of ether oxygens (including phenoxy) is 4. The van der Waals surface area contributed by atoms with Crippen LogP contribution in [-0.4, -0.2) is 28.5 Å². The molecule has 6 rings (SSSR count). The van der Waals surface area contributed by atoms with E-state index in [0.29, 0.717) is 22.8 Å². The van der Waals surface area contributed by atoms with Crippen LogP contribution in [0.15, 0.2) is 148 Å². The molecule has 0 aromatic heterocycles. The summed E-state index contributed by atoms with van der Waals surface area (Å²) in [6.45, 7) is 1.84. The second-order valence-corrected chi connectivity index (χ2v) is 14.5. The van der Waals surface area contributed by atoms with Gasteiger partial charge in [0, 0.05) is 6.07 Å². The minimum absolute atomic E-state index is 0. The van der Waals surface area contributed by atoms with Crippen LogP contribution < -0.4 is 70.3 Å². The van der Waals surface area contributed by atoms with Crippen LogP contribution in [0.2, 0.25) is 0 Å². The van der Waals surface area contributed by atoms with E-state index in [1.807, 2.05) is 55.5 Å². The van der Waals surface area contributed by atoms with E-state index < -0.39 is 24.9 Å². The van der Waals surface area contributed by atoms with Crippen LogP contribution in [0.25, 0.3) is 11.1 Å². The number of methoxy groups -OCH3 is 1. The van der Waals surface area contributed by atoms with E-state index in [0.717, 1.165) is 28.5 Å². The molecule has 0 aliphatic rings. The molecule has 0 atom stereocenters. The van der Waals surface area contributed by atoms with Gasteiger partial charge < -0.3 is 23.5 Å². The molecule has 0 aliphatic carbocycles. The molecule has 0 bridgehead atoms. The minimum Gasteiger partial charge on any atom is -0.744 e. The van der Waals surface area contributed by atoms with Crippen molar-refractivity contribution in [1.82, 2.24) is 0 Å². The number of sulfone groups is 1. The molecule has 0 unspecified atom stereocenters. The van der Waals surface area contributed by atoms with Gasteiger partial charge >= 0.3 is 51.4 Å². The Kier molecular flexibility index (Phi) is 12.3. The normalized spacial score (nSPS) is 11.1. The first kappa shape index (κ1) is 38.8. The average Bonchev–Trinajstić information content (AvgIpc) is 3.13. The Hall–Kier alpha value is -4.42. The molecule has 0 saturated heterocycles. The standard InChI is InChI=1S/C40H30O9S2.K/c1-4-28-6-5-27(2)25-39(28)49-35-19-24-38(40(26-35)51(43,44)45)48-34-17-22-37(23-18-34)50(41,42)36-20-15-33(16-21-36)47-32-13-9-30(10-14-32)29-7-11-31(46-3)12-8-29;/h1,5-26H,2-3H3,(H,43,44,45);/q;+1/p-1. The van der Waals surface area contributed by atoms with Gasteiger partial charge in [0.05, 0.1) is 22.5 Å². The van der Waals surface area contributed by atoms with E-state index in [1.165, 1.54) is 48.5 Å². The summed E-state index contributed by atoms with van der Waals surface area (Å²) in [4.78, 5) is -0.655. The van der Waals surface area contributed by atoms with Crippen molar-refractivity contribution >= 4 is 20.0 Å². The molecule has 0 heterocycles. The number of rotatable bonds is 11. The first-order valence-corrected chi connectivity index (χ1v) is 18.2. The third kappa shape index (κ3) is 9.13. The quantitative estimate of drug-likeness (QED) is 0.0920. The molecule has 0 N–H and O–H groups in total. The predicted molar refractivity (Wildman–Crippen MR) is 191 cm³/mol. The van der Waals surface area contributed by atoms with E-state index in [4.69, 9.17) is 25.4 Å². The Bertz CT molecular complexity index is 2460. The number of aryl methyl sites for hydroxylation is 1. The Morgan fingerprint density at radius 1 is 0.558 bits per heavy atom. The maximum atomic E-state index is 13.4. The third-order valence-corrected chi connectivity index (χ3v) is 10.4. The van der Waals surface area contributed by atoms with Crippen molar-refractivity contribution < 1.29 is 91.7 Å². The van der Waals surface area contributed by atoms with Crippen LogP contribution in [0.1, 0.15) is 11.1 Å². The van der Waals surface area contributed by atoms with Gasteiger partial charge in [-0.3, -0.25) is 0 Å². The first-order chi connectivity index (χ1) is 24.4. The van der Waals surface area contributed by atoms with Crippen molar-refractivity contribution in [1.29, 1.82) is 0 Å². The molecule has 9 nitrogen and oxygen atoms in total. The zero-order valence-corrected chi connectivity index (χ0v) is 33.0. The summed E-state index contributed by atoms with van der Waals surface area (Å²) in [5, 5.41) is 0. The third-order valence-electron chi connectivity index (χ3n) is 7.71. The fourth-order valence-electron chi connectivity index (χ4n) is 5.06. The summed E-state index contributed by atoms with van der Waals surface area (Å²) in [6.07, 6.45) is 5.55. The SMILES string of the molecule is C#Cc1ccc(C)cc1Oc1ccc(Oc2ccc(S(=O)(=O)c3ccc(Oc4ccc(-c5ccc(OC)cc5)cc4)cc3)cc2)c(S(=O)(=O)[O-])c1.[K+]. The fraction of sp³-hybridized carbons (Fsp3) is 0.0500. The fourth-order valence-corrected chi connectivity index (χ4v) is 6.94. The maximum Gasteiger partial charge on any atom is 1.00 e. The number of hydrogen-bond donors (Lipinski definition) is 0. The molecule has 0 fully saturated rings. The zero-order valence-electron chi connectivity index (χ0n) is 28.3. The van der Waals surface area contributed by atoms with Crippen LogP contribution in [0.3, 0.4) is 0 Å². The largest absolute Gasteiger partial charge is 1.00 e. The molecule has 0 aliphatic heterocycles.